The SMILES string of the molecule is CS(=O)(=O)N(CC(=O)Nc1ccccc1C(=O)N1CCCCCC1)c1ccccc1F. The van der Waals surface area contributed by atoms with Crippen LogP contribution in [0.25, 0.3) is 0 Å². The van der Waals surface area contributed by atoms with Crippen molar-refractivity contribution in [2.24, 2.45) is 0 Å². The number of nitrogens with one attached hydrogen (secondary N) is 1. The predicted octanol–water partition coefficient (Wildman–Crippen LogP) is 3.25. The first kappa shape index (κ1) is 22.7. The van der Waals surface area contributed by atoms with Crippen molar-refractivity contribution in [3.8, 4) is 0 Å². The molecule has 1 fully saturated rings. The molecule has 7 nitrogen and oxygen atoms in total. The van der Waals surface area contributed by atoms with E-state index in [1.54, 1.807) is 29.2 Å². The molecule has 1 aliphatic rings. The molecule has 0 saturated carbocycles. The van der Waals surface area contributed by atoms with Crippen LogP contribution in [0.5, 0.6) is 0 Å². The Bertz CT molecular complexity index is 1050. The van der Waals surface area contributed by atoms with Crippen LogP contribution in [-0.2, 0) is 14.8 Å². The predicted molar refractivity (Wildman–Crippen MR) is 118 cm³/mol. The van der Waals surface area contributed by atoms with Crippen molar-refractivity contribution < 1.29 is 22.4 Å². The monoisotopic (exact) mass is 447 g/mol. The van der Waals surface area contributed by atoms with Gasteiger partial charge in [0.1, 0.15) is 12.4 Å². The molecule has 0 unspecified atom stereocenters. The third-order valence-corrected chi connectivity index (χ3v) is 6.26. The van der Waals surface area contributed by atoms with Crippen molar-refractivity contribution in [2.75, 3.05) is 35.5 Å². The fourth-order valence-electron chi connectivity index (χ4n) is 3.58. The molecular weight excluding hydrogens is 421 g/mol. The summed E-state index contributed by atoms with van der Waals surface area (Å²) in [6.45, 7) is 0.707. The van der Waals surface area contributed by atoms with Crippen molar-refractivity contribution in [1.29, 1.82) is 0 Å². The van der Waals surface area contributed by atoms with Gasteiger partial charge in [-0.2, -0.15) is 0 Å². The van der Waals surface area contributed by atoms with Crippen molar-refractivity contribution >= 4 is 33.2 Å². The van der Waals surface area contributed by atoms with Gasteiger partial charge in [0.05, 0.1) is 23.2 Å². The molecule has 0 bridgehead atoms. The summed E-state index contributed by atoms with van der Waals surface area (Å²) in [6.07, 6.45) is 4.95. The highest BCUT2D eigenvalue weighted by Crippen LogP contribution is 2.23. The Morgan fingerprint density at radius 1 is 1.00 bits per heavy atom. The van der Waals surface area contributed by atoms with E-state index >= 15 is 0 Å². The van der Waals surface area contributed by atoms with Crippen LogP contribution >= 0.6 is 0 Å². The van der Waals surface area contributed by atoms with Crippen LogP contribution in [0.2, 0.25) is 0 Å². The molecule has 31 heavy (non-hydrogen) atoms. The van der Waals surface area contributed by atoms with Crippen LogP contribution in [-0.4, -0.2) is 51.0 Å². The van der Waals surface area contributed by atoms with Gasteiger partial charge < -0.3 is 10.2 Å². The molecule has 1 saturated heterocycles. The van der Waals surface area contributed by atoms with Crippen LogP contribution in [0.15, 0.2) is 48.5 Å². The van der Waals surface area contributed by atoms with E-state index in [4.69, 9.17) is 0 Å². The van der Waals surface area contributed by atoms with E-state index in [1.807, 2.05) is 0 Å². The molecule has 2 amide bonds. The Morgan fingerprint density at radius 2 is 1.61 bits per heavy atom. The number of likely N-dealkylation sites (tertiary alicyclic amines) is 1. The zero-order valence-corrected chi connectivity index (χ0v) is 18.2. The van der Waals surface area contributed by atoms with Crippen LogP contribution < -0.4 is 9.62 Å². The molecule has 9 heteroatoms. The quantitative estimate of drug-likeness (QED) is 0.737. The largest absolute Gasteiger partial charge is 0.339 e. The number of carbonyl (C=O) groups is 2. The number of hydrogen-bond donors (Lipinski definition) is 1. The molecule has 1 N–H and O–H groups in total. The lowest BCUT2D eigenvalue weighted by atomic mass is 10.1. The summed E-state index contributed by atoms with van der Waals surface area (Å²) in [4.78, 5) is 27.5. The van der Waals surface area contributed by atoms with Gasteiger partial charge in [-0.3, -0.25) is 13.9 Å². The molecule has 0 atom stereocenters. The number of nitrogens with zero attached hydrogens (tertiary/aromatic N) is 2. The third kappa shape index (κ3) is 5.81. The topological polar surface area (TPSA) is 86.8 Å². The van der Waals surface area contributed by atoms with E-state index in [2.05, 4.69) is 5.32 Å². The third-order valence-electron chi connectivity index (χ3n) is 5.13. The number of hydrogen-bond acceptors (Lipinski definition) is 4. The Kier molecular flexibility index (Phi) is 7.27. The molecule has 1 heterocycles. The standard InChI is InChI=1S/C22H26FN3O4S/c1-31(29,30)26(20-13-7-5-11-18(20)23)16-21(27)24-19-12-6-4-10-17(19)22(28)25-14-8-2-3-9-15-25/h4-7,10-13H,2-3,8-9,14-16H2,1H3,(H,24,27). The second-order valence-electron chi connectivity index (χ2n) is 7.52. The van der Waals surface area contributed by atoms with E-state index in [9.17, 15) is 22.4 Å². The van der Waals surface area contributed by atoms with E-state index < -0.39 is 28.3 Å². The molecule has 2 aromatic rings. The van der Waals surface area contributed by atoms with Gasteiger partial charge in [0.2, 0.25) is 15.9 Å². The number of amides is 2. The molecule has 0 aromatic heterocycles. The van der Waals surface area contributed by atoms with E-state index in [1.165, 1.54) is 18.2 Å². The summed E-state index contributed by atoms with van der Waals surface area (Å²) >= 11 is 0. The first-order valence-electron chi connectivity index (χ1n) is 10.2. The maximum Gasteiger partial charge on any atom is 0.255 e. The smallest absolute Gasteiger partial charge is 0.255 e. The van der Waals surface area contributed by atoms with Gasteiger partial charge in [-0.1, -0.05) is 37.1 Å². The van der Waals surface area contributed by atoms with Gasteiger partial charge in [-0.15, -0.1) is 0 Å². The normalized spacial score (nSPS) is 14.6. The minimum atomic E-state index is -3.92. The van der Waals surface area contributed by atoms with E-state index in [-0.39, 0.29) is 11.6 Å². The van der Waals surface area contributed by atoms with Crippen LogP contribution in [0, 0.1) is 5.82 Å². The van der Waals surface area contributed by atoms with E-state index in [0.29, 0.717) is 28.6 Å². The number of benzene rings is 2. The fourth-order valence-corrected chi connectivity index (χ4v) is 4.44. The van der Waals surface area contributed by atoms with Gasteiger partial charge in [0, 0.05) is 13.1 Å². The van der Waals surface area contributed by atoms with Gasteiger partial charge in [-0.05, 0) is 37.1 Å². The Balaban J connectivity index is 1.80. The van der Waals surface area contributed by atoms with Gasteiger partial charge in [-0.25, -0.2) is 12.8 Å². The molecular formula is C22H26FN3O4S. The van der Waals surface area contributed by atoms with Gasteiger partial charge >= 0.3 is 0 Å². The lowest BCUT2D eigenvalue weighted by Crippen LogP contribution is -2.38. The highest BCUT2D eigenvalue weighted by molar-refractivity contribution is 7.92. The molecule has 1 aliphatic heterocycles. The minimum Gasteiger partial charge on any atom is -0.339 e. The summed E-state index contributed by atoms with van der Waals surface area (Å²) in [5.74, 6) is -1.60. The van der Waals surface area contributed by atoms with Crippen molar-refractivity contribution in [3.05, 3.63) is 59.9 Å². The number of anilines is 2. The van der Waals surface area contributed by atoms with Crippen molar-refractivity contribution in [3.63, 3.8) is 0 Å². The van der Waals surface area contributed by atoms with Crippen LogP contribution in [0.3, 0.4) is 0 Å². The van der Waals surface area contributed by atoms with Crippen molar-refractivity contribution in [1.82, 2.24) is 4.90 Å². The Hall–Kier alpha value is -2.94. The minimum absolute atomic E-state index is 0.174. The molecule has 2 aromatic carbocycles. The second-order valence-corrected chi connectivity index (χ2v) is 9.43. The maximum atomic E-state index is 14.2. The first-order valence-corrected chi connectivity index (χ1v) is 12.0. The maximum absolute atomic E-state index is 14.2. The van der Waals surface area contributed by atoms with Gasteiger partial charge in [0.15, 0.2) is 0 Å². The van der Waals surface area contributed by atoms with Crippen molar-refractivity contribution in [2.45, 2.75) is 25.7 Å². The highest BCUT2D eigenvalue weighted by Gasteiger charge is 2.25. The number of sulfonamides is 1. The molecule has 0 aliphatic carbocycles. The lowest BCUT2D eigenvalue weighted by Gasteiger charge is -2.24. The Labute approximate surface area is 181 Å². The number of halogens is 1. The summed E-state index contributed by atoms with van der Waals surface area (Å²) in [6, 6.07) is 12.0. The molecule has 3 rings (SSSR count). The average molecular weight is 448 g/mol. The molecule has 0 radical (unpaired) electrons. The lowest BCUT2D eigenvalue weighted by molar-refractivity contribution is -0.114. The van der Waals surface area contributed by atoms with Crippen LogP contribution in [0.4, 0.5) is 15.8 Å². The van der Waals surface area contributed by atoms with E-state index in [0.717, 1.165) is 38.0 Å². The highest BCUT2D eigenvalue weighted by atomic mass is 32.2. The van der Waals surface area contributed by atoms with Gasteiger partial charge in [0.25, 0.3) is 5.91 Å². The molecule has 166 valence electrons. The average Bonchev–Trinajstić information content (AvgIpc) is 3.01. The zero-order valence-electron chi connectivity index (χ0n) is 17.4. The fraction of sp³-hybridized carbons (Fsp3) is 0.364. The van der Waals surface area contributed by atoms with Crippen LogP contribution in [0.1, 0.15) is 36.0 Å². The number of carbonyl (C=O) groups excluding carboxylic acids is 2. The Morgan fingerprint density at radius 3 is 2.26 bits per heavy atom. The second kappa shape index (κ2) is 9.91. The first-order chi connectivity index (χ1) is 14.8. The summed E-state index contributed by atoms with van der Waals surface area (Å²) in [5.41, 5.74) is 0.423. The summed E-state index contributed by atoms with van der Waals surface area (Å²) in [5, 5.41) is 2.62. The summed E-state index contributed by atoms with van der Waals surface area (Å²) in [7, 11) is -3.92. The molecule has 0 spiro atoms. The summed E-state index contributed by atoms with van der Waals surface area (Å²) < 4.78 is 39.3. The number of para-hydroxylation sites is 2. The number of rotatable bonds is 6. The zero-order chi connectivity index (χ0) is 22.4.